The second-order valence-corrected chi connectivity index (χ2v) is 2.85. The quantitative estimate of drug-likeness (QED) is 0.568. The van der Waals surface area contributed by atoms with Crippen LogP contribution in [0.25, 0.3) is 0 Å². The van der Waals surface area contributed by atoms with Crippen LogP contribution in [0, 0.1) is 0 Å². The molecule has 0 unspecified atom stereocenters. The fourth-order valence-corrected chi connectivity index (χ4v) is 1.61. The molecule has 0 spiro atoms. The topological polar surface area (TPSA) is 25.8 Å². The van der Waals surface area contributed by atoms with E-state index in [1.165, 1.54) is 17.5 Å². The van der Waals surface area contributed by atoms with Crippen molar-refractivity contribution >= 4 is 11.6 Å². The molecule has 0 saturated carbocycles. The van der Waals surface area contributed by atoms with Crippen molar-refractivity contribution in [2.75, 3.05) is 0 Å². The van der Waals surface area contributed by atoms with Crippen LogP contribution in [0.5, 0.6) is 0 Å². The Balaban J connectivity index is 2.59. The molecule has 0 aromatic carbocycles. The first kappa shape index (κ1) is 6.10. The number of aryl methyl sites for hydroxylation is 1. The van der Waals surface area contributed by atoms with Crippen molar-refractivity contribution in [1.82, 2.24) is 10.2 Å². The zero-order valence-corrected chi connectivity index (χ0v) is 6.23. The fraction of sp³-hybridized carbons (Fsp3) is 0.429. The predicted molar refractivity (Wildman–Crippen MR) is 39.1 cm³/mol. The first-order valence-corrected chi connectivity index (χ1v) is 3.74. The average Bonchev–Trinajstić information content (AvgIpc) is 2.36. The molecule has 0 saturated heterocycles. The van der Waals surface area contributed by atoms with Crippen molar-refractivity contribution in [2.24, 2.45) is 0 Å². The second-order valence-electron chi connectivity index (χ2n) is 2.49. The first-order chi connectivity index (χ1) is 4.88. The van der Waals surface area contributed by atoms with E-state index in [9.17, 15) is 0 Å². The van der Waals surface area contributed by atoms with E-state index in [4.69, 9.17) is 11.6 Å². The highest BCUT2D eigenvalue weighted by Gasteiger charge is 2.14. The van der Waals surface area contributed by atoms with Crippen molar-refractivity contribution < 1.29 is 0 Å². The third kappa shape index (κ3) is 0.797. The highest BCUT2D eigenvalue weighted by molar-refractivity contribution is 6.30. The molecule has 2 nitrogen and oxygen atoms in total. The maximum absolute atomic E-state index is 5.80. The van der Waals surface area contributed by atoms with E-state index in [-0.39, 0.29) is 0 Å². The van der Waals surface area contributed by atoms with Crippen molar-refractivity contribution in [3.63, 3.8) is 0 Å². The largest absolute Gasteiger partial charge is 0.157 e. The van der Waals surface area contributed by atoms with Crippen LogP contribution >= 0.6 is 11.6 Å². The Hall–Kier alpha value is -0.630. The highest BCUT2D eigenvalue weighted by Crippen LogP contribution is 2.25. The van der Waals surface area contributed by atoms with E-state index in [0.717, 1.165) is 12.8 Å². The number of hydrogen-bond donors (Lipinski definition) is 0. The Kier molecular flexibility index (Phi) is 1.34. The number of halogens is 1. The van der Waals surface area contributed by atoms with Crippen LogP contribution in [0.1, 0.15) is 17.5 Å². The van der Waals surface area contributed by atoms with Crippen molar-refractivity contribution in [2.45, 2.75) is 19.3 Å². The molecular weight excluding hydrogens is 148 g/mol. The summed E-state index contributed by atoms with van der Waals surface area (Å²) >= 11 is 5.80. The molecule has 0 N–H and O–H groups in total. The van der Waals surface area contributed by atoms with E-state index in [0.29, 0.717) is 5.15 Å². The Bertz CT molecular complexity index is 260. The van der Waals surface area contributed by atoms with Crippen LogP contribution in [0.3, 0.4) is 0 Å². The Morgan fingerprint density at radius 1 is 1.40 bits per heavy atom. The molecule has 10 heavy (non-hydrogen) atoms. The van der Waals surface area contributed by atoms with Crippen molar-refractivity contribution in [3.05, 3.63) is 22.5 Å². The summed E-state index contributed by atoms with van der Waals surface area (Å²) in [6.45, 7) is 0. The van der Waals surface area contributed by atoms with Gasteiger partial charge in [-0.2, -0.15) is 5.10 Å². The van der Waals surface area contributed by atoms with Gasteiger partial charge in [-0.25, -0.2) is 0 Å². The molecule has 1 aromatic heterocycles. The number of aromatic nitrogens is 2. The lowest BCUT2D eigenvalue weighted by atomic mass is 10.2. The Labute approximate surface area is 64.2 Å². The van der Waals surface area contributed by atoms with Gasteiger partial charge in [-0.3, -0.25) is 0 Å². The fourth-order valence-electron chi connectivity index (χ4n) is 1.35. The average molecular weight is 155 g/mol. The molecule has 0 bridgehead atoms. The molecule has 2 rings (SSSR count). The Morgan fingerprint density at radius 2 is 2.30 bits per heavy atom. The van der Waals surface area contributed by atoms with E-state index in [2.05, 4.69) is 10.2 Å². The minimum atomic E-state index is 0.593. The van der Waals surface area contributed by atoms with E-state index >= 15 is 0 Å². The maximum atomic E-state index is 5.80. The van der Waals surface area contributed by atoms with Crippen molar-refractivity contribution in [1.29, 1.82) is 0 Å². The van der Waals surface area contributed by atoms with Gasteiger partial charge in [0, 0.05) is 0 Å². The van der Waals surface area contributed by atoms with Gasteiger partial charge in [0.2, 0.25) is 0 Å². The third-order valence-electron chi connectivity index (χ3n) is 1.87. The molecule has 1 heterocycles. The molecule has 0 amide bonds. The number of fused-ring (bicyclic) bond motifs is 1. The van der Waals surface area contributed by atoms with E-state index in [1.54, 1.807) is 0 Å². The number of rotatable bonds is 0. The predicted octanol–water partition coefficient (Wildman–Crippen LogP) is 1.62. The smallest absolute Gasteiger partial charge is 0.155 e. The molecule has 1 aromatic rings. The van der Waals surface area contributed by atoms with Crippen LogP contribution in [0.15, 0.2) is 6.20 Å². The zero-order chi connectivity index (χ0) is 6.97. The second kappa shape index (κ2) is 2.20. The molecule has 1 aliphatic carbocycles. The Morgan fingerprint density at radius 3 is 3.10 bits per heavy atom. The van der Waals surface area contributed by atoms with Crippen LogP contribution in [-0.2, 0) is 12.8 Å². The third-order valence-corrected chi connectivity index (χ3v) is 2.17. The highest BCUT2D eigenvalue weighted by atomic mass is 35.5. The van der Waals surface area contributed by atoms with Crippen LogP contribution < -0.4 is 0 Å². The first-order valence-electron chi connectivity index (χ1n) is 3.37. The SMILES string of the molecule is Clc1nncc2c1CCC2. The number of hydrogen-bond acceptors (Lipinski definition) is 2. The van der Waals surface area contributed by atoms with Crippen molar-refractivity contribution in [3.8, 4) is 0 Å². The summed E-state index contributed by atoms with van der Waals surface area (Å²) in [5.41, 5.74) is 2.48. The van der Waals surface area contributed by atoms with Gasteiger partial charge >= 0.3 is 0 Å². The summed E-state index contributed by atoms with van der Waals surface area (Å²) in [5, 5.41) is 8.13. The van der Waals surface area contributed by atoms with Gasteiger partial charge in [-0.05, 0) is 30.4 Å². The van der Waals surface area contributed by atoms with Crippen LogP contribution in [-0.4, -0.2) is 10.2 Å². The van der Waals surface area contributed by atoms with Gasteiger partial charge in [0.05, 0.1) is 6.20 Å². The standard InChI is InChI=1S/C7H7ClN2/c8-7-6-3-1-2-5(6)4-9-10-7/h4H,1-3H2. The molecule has 52 valence electrons. The lowest BCUT2D eigenvalue weighted by Gasteiger charge is -1.96. The molecule has 0 radical (unpaired) electrons. The summed E-state index contributed by atoms with van der Waals surface area (Å²) in [6.07, 6.45) is 5.20. The van der Waals surface area contributed by atoms with Crippen LogP contribution in [0.2, 0.25) is 5.15 Å². The van der Waals surface area contributed by atoms with E-state index < -0.39 is 0 Å². The number of nitrogens with zero attached hydrogens (tertiary/aromatic N) is 2. The monoisotopic (exact) mass is 154 g/mol. The molecular formula is C7H7ClN2. The van der Waals surface area contributed by atoms with Gasteiger partial charge in [0.1, 0.15) is 0 Å². The normalized spacial score (nSPS) is 15.3. The zero-order valence-electron chi connectivity index (χ0n) is 5.47. The minimum absolute atomic E-state index is 0.593. The molecule has 0 aliphatic heterocycles. The summed E-state index contributed by atoms with van der Waals surface area (Å²) in [5.74, 6) is 0. The molecule has 3 heteroatoms. The molecule has 0 fully saturated rings. The maximum Gasteiger partial charge on any atom is 0.155 e. The summed E-state index contributed by atoms with van der Waals surface area (Å²) in [6, 6.07) is 0. The van der Waals surface area contributed by atoms with Gasteiger partial charge in [0.15, 0.2) is 5.15 Å². The van der Waals surface area contributed by atoms with Gasteiger partial charge in [-0.1, -0.05) is 11.6 Å². The summed E-state index contributed by atoms with van der Waals surface area (Å²) in [7, 11) is 0. The molecule has 0 atom stereocenters. The summed E-state index contributed by atoms with van der Waals surface area (Å²) < 4.78 is 0. The van der Waals surface area contributed by atoms with E-state index in [1.807, 2.05) is 6.20 Å². The lowest BCUT2D eigenvalue weighted by Crippen LogP contribution is -1.89. The minimum Gasteiger partial charge on any atom is -0.157 e. The van der Waals surface area contributed by atoms with Crippen LogP contribution in [0.4, 0.5) is 0 Å². The molecule has 1 aliphatic rings. The van der Waals surface area contributed by atoms with Gasteiger partial charge < -0.3 is 0 Å². The lowest BCUT2D eigenvalue weighted by molar-refractivity contribution is 0.911. The van der Waals surface area contributed by atoms with Gasteiger partial charge in [-0.15, -0.1) is 5.10 Å². The van der Waals surface area contributed by atoms with Gasteiger partial charge in [0.25, 0.3) is 0 Å². The summed E-state index contributed by atoms with van der Waals surface area (Å²) in [4.78, 5) is 0.